The van der Waals surface area contributed by atoms with Crippen molar-refractivity contribution >= 4 is 11.8 Å². The molecule has 1 unspecified atom stereocenters. The summed E-state index contributed by atoms with van der Waals surface area (Å²) in [6, 6.07) is 0. The molecule has 0 aromatic carbocycles. The summed E-state index contributed by atoms with van der Waals surface area (Å²) in [6.45, 7) is 4.84. The van der Waals surface area contributed by atoms with Gasteiger partial charge in [0.15, 0.2) is 0 Å². The number of ketones is 1. The summed E-state index contributed by atoms with van der Waals surface area (Å²) in [7, 11) is 0. The van der Waals surface area contributed by atoms with Crippen LogP contribution >= 0.6 is 0 Å². The minimum absolute atomic E-state index is 0.156. The molecule has 3 nitrogen and oxygen atoms in total. The van der Waals surface area contributed by atoms with E-state index in [0.29, 0.717) is 0 Å². The molecule has 0 amide bonds. The van der Waals surface area contributed by atoms with Crippen LogP contribution in [-0.4, -0.2) is 17.9 Å². The summed E-state index contributed by atoms with van der Waals surface area (Å²) in [5.74, 6) is -1.28. The van der Waals surface area contributed by atoms with Gasteiger partial charge in [-0.05, 0) is 13.3 Å². The average molecular weight is 144 g/mol. The molecule has 0 N–H and O–H groups in total. The predicted octanol–water partition coefficient (Wildman–Crippen LogP) is 0.917. The van der Waals surface area contributed by atoms with Gasteiger partial charge in [0.1, 0.15) is 0 Å². The summed E-state index contributed by atoms with van der Waals surface area (Å²) in [5.41, 5.74) is 0. The summed E-state index contributed by atoms with van der Waals surface area (Å²) >= 11 is 0. The van der Waals surface area contributed by atoms with Gasteiger partial charge in [0.2, 0.25) is 5.78 Å². The zero-order valence-corrected chi connectivity index (χ0v) is 6.51. The van der Waals surface area contributed by atoms with Crippen LogP contribution in [0.4, 0.5) is 0 Å². The van der Waals surface area contributed by atoms with Crippen molar-refractivity contribution in [3.63, 3.8) is 0 Å². The van der Waals surface area contributed by atoms with E-state index in [9.17, 15) is 9.59 Å². The van der Waals surface area contributed by atoms with Gasteiger partial charge in [-0.1, -0.05) is 6.92 Å². The lowest BCUT2D eigenvalue weighted by molar-refractivity contribution is -0.156. The molecule has 0 aromatic rings. The minimum Gasteiger partial charge on any atom is -0.457 e. The number of carbonyl (C=O) groups is 2. The minimum atomic E-state index is -0.741. The fraction of sp³-hybridized carbons (Fsp3) is 0.714. The van der Waals surface area contributed by atoms with Crippen LogP contribution in [0.25, 0.3) is 0 Å². The summed E-state index contributed by atoms with van der Waals surface area (Å²) in [6.07, 6.45) is 0.579. The normalized spacial score (nSPS) is 12.3. The zero-order chi connectivity index (χ0) is 8.15. The highest BCUT2D eigenvalue weighted by molar-refractivity contribution is 6.32. The third-order valence-electron chi connectivity index (χ3n) is 1.17. The van der Waals surface area contributed by atoms with E-state index in [0.717, 1.165) is 6.42 Å². The molecule has 0 aliphatic rings. The molecular formula is C7H12O3. The highest BCUT2D eigenvalue weighted by Gasteiger charge is 2.11. The smallest absolute Gasteiger partial charge is 0.374 e. The molecule has 0 bridgehead atoms. The van der Waals surface area contributed by atoms with E-state index >= 15 is 0 Å². The molecule has 58 valence electrons. The molecule has 0 heterocycles. The van der Waals surface area contributed by atoms with E-state index < -0.39 is 11.8 Å². The predicted molar refractivity (Wildman–Crippen MR) is 36.5 cm³/mol. The maximum atomic E-state index is 10.5. The van der Waals surface area contributed by atoms with Gasteiger partial charge in [-0.2, -0.15) is 0 Å². The summed E-state index contributed by atoms with van der Waals surface area (Å²) < 4.78 is 4.67. The van der Waals surface area contributed by atoms with Crippen molar-refractivity contribution in [2.45, 2.75) is 33.3 Å². The number of carbonyl (C=O) groups excluding carboxylic acids is 2. The van der Waals surface area contributed by atoms with Crippen molar-refractivity contribution in [1.29, 1.82) is 0 Å². The number of rotatable bonds is 3. The van der Waals surface area contributed by atoms with E-state index in [2.05, 4.69) is 4.74 Å². The van der Waals surface area contributed by atoms with Crippen LogP contribution in [0.15, 0.2) is 0 Å². The van der Waals surface area contributed by atoms with Crippen LogP contribution < -0.4 is 0 Å². The van der Waals surface area contributed by atoms with Crippen molar-refractivity contribution in [3.05, 3.63) is 0 Å². The molecule has 10 heavy (non-hydrogen) atoms. The number of esters is 1. The molecule has 0 aliphatic carbocycles. The first-order valence-electron chi connectivity index (χ1n) is 3.29. The molecule has 0 aliphatic heterocycles. The lowest BCUT2D eigenvalue weighted by Crippen LogP contribution is -2.19. The van der Waals surface area contributed by atoms with Crippen LogP contribution in [0.2, 0.25) is 0 Å². The Morgan fingerprint density at radius 3 is 2.30 bits per heavy atom. The number of hydrogen-bond acceptors (Lipinski definition) is 3. The monoisotopic (exact) mass is 144 g/mol. The summed E-state index contributed by atoms with van der Waals surface area (Å²) in [5, 5.41) is 0. The molecule has 3 heteroatoms. The van der Waals surface area contributed by atoms with E-state index in [-0.39, 0.29) is 6.10 Å². The van der Waals surface area contributed by atoms with Gasteiger partial charge < -0.3 is 4.74 Å². The first-order valence-corrected chi connectivity index (χ1v) is 3.29. The fourth-order valence-corrected chi connectivity index (χ4v) is 0.349. The van der Waals surface area contributed by atoms with Gasteiger partial charge in [0.25, 0.3) is 0 Å². The van der Waals surface area contributed by atoms with Gasteiger partial charge in [-0.3, -0.25) is 4.79 Å². The average Bonchev–Trinajstić information content (AvgIpc) is 1.87. The van der Waals surface area contributed by atoms with Crippen molar-refractivity contribution < 1.29 is 14.3 Å². The van der Waals surface area contributed by atoms with Crippen LogP contribution in [-0.2, 0) is 14.3 Å². The molecule has 0 rings (SSSR count). The van der Waals surface area contributed by atoms with Crippen LogP contribution in [0.1, 0.15) is 27.2 Å². The molecule has 0 fully saturated rings. The second-order valence-electron chi connectivity index (χ2n) is 2.18. The van der Waals surface area contributed by atoms with Gasteiger partial charge in [-0.25, -0.2) is 4.79 Å². The van der Waals surface area contributed by atoms with Gasteiger partial charge in [0.05, 0.1) is 6.10 Å². The highest BCUT2D eigenvalue weighted by Crippen LogP contribution is 1.95. The third-order valence-corrected chi connectivity index (χ3v) is 1.17. The molecule has 0 saturated heterocycles. The Kier molecular flexibility index (Phi) is 3.69. The molecule has 0 spiro atoms. The van der Waals surface area contributed by atoms with Crippen molar-refractivity contribution in [2.24, 2.45) is 0 Å². The number of hydrogen-bond donors (Lipinski definition) is 0. The van der Waals surface area contributed by atoms with Crippen LogP contribution in [0.5, 0.6) is 0 Å². The number of ether oxygens (including phenoxy) is 1. The van der Waals surface area contributed by atoms with E-state index in [1.54, 1.807) is 6.92 Å². The number of Topliss-reactive ketones (excluding diaryl/α,β-unsaturated/α-hetero) is 1. The largest absolute Gasteiger partial charge is 0.457 e. The van der Waals surface area contributed by atoms with Gasteiger partial charge >= 0.3 is 5.97 Å². The first kappa shape index (κ1) is 9.14. The topological polar surface area (TPSA) is 43.4 Å². The van der Waals surface area contributed by atoms with Gasteiger partial charge in [-0.15, -0.1) is 0 Å². The Hall–Kier alpha value is -0.860. The fourth-order valence-electron chi connectivity index (χ4n) is 0.349. The second kappa shape index (κ2) is 4.04. The Morgan fingerprint density at radius 2 is 2.00 bits per heavy atom. The highest BCUT2D eigenvalue weighted by atomic mass is 16.5. The molecule has 0 aromatic heterocycles. The van der Waals surface area contributed by atoms with Crippen molar-refractivity contribution in [1.82, 2.24) is 0 Å². The maximum absolute atomic E-state index is 10.5. The van der Waals surface area contributed by atoms with E-state index in [1.165, 1.54) is 6.92 Å². The van der Waals surface area contributed by atoms with Crippen LogP contribution in [0, 0.1) is 0 Å². The lowest BCUT2D eigenvalue weighted by atomic mass is 10.3. The molecule has 0 radical (unpaired) electrons. The second-order valence-corrected chi connectivity index (χ2v) is 2.18. The molecular weight excluding hydrogens is 132 g/mol. The van der Waals surface area contributed by atoms with Crippen LogP contribution in [0.3, 0.4) is 0 Å². The lowest BCUT2D eigenvalue weighted by Gasteiger charge is -2.07. The Labute approximate surface area is 60.4 Å². The Morgan fingerprint density at radius 1 is 1.50 bits per heavy atom. The summed E-state index contributed by atoms with van der Waals surface area (Å²) in [4.78, 5) is 20.9. The SMILES string of the molecule is CCC(C)OC(=O)C(C)=O. The van der Waals surface area contributed by atoms with Crippen molar-refractivity contribution in [3.8, 4) is 0 Å². The standard InChI is InChI=1S/C7H12O3/c1-4-5(2)10-7(9)6(3)8/h5H,4H2,1-3H3. The maximum Gasteiger partial charge on any atom is 0.374 e. The Bertz CT molecular complexity index is 140. The van der Waals surface area contributed by atoms with Crippen molar-refractivity contribution in [2.75, 3.05) is 0 Å². The first-order chi connectivity index (χ1) is 4.57. The third kappa shape index (κ3) is 3.22. The molecule has 1 atom stereocenters. The Balaban J connectivity index is 3.68. The van der Waals surface area contributed by atoms with Gasteiger partial charge in [0, 0.05) is 6.92 Å². The molecule has 0 saturated carbocycles. The van der Waals surface area contributed by atoms with E-state index in [1.807, 2.05) is 6.92 Å². The van der Waals surface area contributed by atoms with E-state index in [4.69, 9.17) is 0 Å². The zero-order valence-electron chi connectivity index (χ0n) is 6.51. The quantitative estimate of drug-likeness (QED) is 0.437.